The van der Waals surface area contributed by atoms with Gasteiger partial charge in [-0.25, -0.2) is 4.79 Å². The first-order chi connectivity index (χ1) is 11.7. The van der Waals surface area contributed by atoms with Crippen molar-refractivity contribution in [2.24, 2.45) is 0 Å². The lowest BCUT2D eigenvalue weighted by Gasteiger charge is -2.33. The Morgan fingerprint density at radius 1 is 1.08 bits per heavy atom. The fourth-order valence-electron chi connectivity index (χ4n) is 3.49. The summed E-state index contributed by atoms with van der Waals surface area (Å²) >= 11 is 1.67. The zero-order valence-corrected chi connectivity index (χ0v) is 13.9. The Morgan fingerprint density at radius 2 is 1.75 bits per heavy atom. The molecule has 0 bridgehead atoms. The van der Waals surface area contributed by atoms with E-state index in [9.17, 15) is 9.59 Å². The Balaban J connectivity index is 1.62. The van der Waals surface area contributed by atoms with E-state index in [2.05, 4.69) is 0 Å². The molecule has 122 valence electrons. The van der Waals surface area contributed by atoms with Crippen LogP contribution in [0.3, 0.4) is 0 Å². The molecule has 1 amide bonds. The minimum absolute atomic E-state index is 0.0267. The van der Waals surface area contributed by atoms with Crippen molar-refractivity contribution >= 4 is 23.6 Å². The molecule has 2 aromatic rings. The lowest BCUT2D eigenvalue weighted by atomic mass is 10.0. The van der Waals surface area contributed by atoms with Crippen molar-refractivity contribution < 1.29 is 14.3 Å². The number of nitrogens with zero attached hydrogens (tertiary/aromatic N) is 1. The molecule has 2 aliphatic rings. The molecule has 2 atom stereocenters. The van der Waals surface area contributed by atoms with E-state index in [-0.39, 0.29) is 11.9 Å². The molecule has 0 spiro atoms. The highest BCUT2D eigenvalue weighted by molar-refractivity contribution is 8.00. The van der Waals surface area contributed by atoms with Crippen LogP contribution in [0.4, 0.5) is 0 Å². The van der Waals surface area contributed by atoms with Crippen LogP contribution in [-0.4, -0.2) is 28.6 Å². The number of carbonyl (C=O) groups is 2. The summed E-state index contributed by atoms with van der Waals surface area (Å²) < 4.78 is 5.49. The van der Waals surface area contributed by atoms with E-state index in [1.165, 1.54) is 0 Å². The number of rotatable bonds is 3. The van der Waals surface area contributed by atoms with Crippen LogP contribution >= 0.6 is 11.8 Å². The van der Waals surface area contributed by atoms with Gasteiger partial charge < -0.3 is 9.64 Å². The van der Waals surface area contributed by atoms with Gasteiger partial charge in [-0.2, -0.15) is 0 Å². The Labute approximate surface area is 144 Å². The van der Waals surface area contributed by atoms with Gasteiger partial charge in [0.25, 0.3) is 0 Å². The average molecular weight is 339 g/mol. The summed E-state index contributed by atoms with van der Waals surface area (Å²) in [6.45, 7) is 0. The van der Waals surface area contributed by atoms with E-state index in [1.807, 2.05) is 48.5 Å². The maximum atomic E-state index is 12.6. The summed E-state index contributed by atoms with van der Waals surface area (Å²) in [5, 5.41) is 0. The van der Waals surface area contributed by atoms with Crippen molar-refractivity contribution in [1.82, 2.24) is 4.90 Å². The van der Waals surface area contributed by atoms with Crippen LogP contribution in [0.15, 0.2) is 60.7 Å². The van der Waals surface area contributed by atoms with Crippen molar-refractivity contribution in [2.75, 3.05) is 5.75 Å². The van der Waals surface area contributed by atoms with E-state index in [4.69, 9.17) is 4.74 Å². The van der Waals surface area contributed by atoms with Gasteiger partial charge in [-0.05, 0) is 24.1 Å². The van der Waals surface area contributed by atoms with Gasteiger partial charge in [-0.3, -0.25) is 4.79 Å². The molecular formula is C19H17NO3S. The van der Waals surface area contributed by atoms with E-state index >= 15 is 0 Å². The molecule has 4 rings (SSSR count). The van der Waals surface area contributed by atoms with Gasteiger partial charge in [-0.1, -0.05) is 48.5 Å². The fourth-order valence-corrected chi connectivity index (χ4v) is 5.12. The second kappa shape index (κ2) is 5.98. The zero-order chi connectivity index (χ0) is 16.6. The number of amides is 1. The van der Waals surface area contributed by atoms with Crippen LogP contribution in [0.5, 0.6) is 5.75 Å². The second-order valence-corrected chi connectivity index (χ2v) is 7.27. The lowest BCUT2D eigenvalue weighted by Crippen LogP contribution is -2.47. The topological polar surface area (TPSA) is 46.6 Å². The van der Waals surface area contributed by atoms with E-state index in [1.54, 1.807) is 28.8 Å². The fraction of sp³-hybridized carbons (Fsp3) is 0.263. The standard InChI is InChI=1S/C19H17NO3S/c21-17-11-12-19(14-7-3-1-4-8-14)20(17)16(13-24-19)18(22)23-15-9-5-2-6-10-15/h1-10,16H,11-13H2/t16-,19-/m1/s1. The maximum absolute atomic E-state index is 12.6. The highest BCUT2D eigenvalue weighted by Crippen LogP contribution is 2.54. The maximum Gasteiger partial charge on any atom is 0.335 e. The highest BCUT2D eigenvalue weighted by Gasteiger charge is 2.57. The molecule has 0 aliphatic carbocycles. The second-order valence-electron chi connectivity index (χ2n) is 5.98. The molecule has 0 N–H and O–H groups in total. The van der Waals surface area contributed by atoms with Gasteiger partial charge in [-0.15, -0.1) is 11.8 Å². The number of para-hydroxylation sites is 1. The molecule has 0 saturated carbocycles. The largest absolute Gasteiger partial charge is 0.425 e. The van der Waals surface area contributed by atoms with Crippen LogP contribution in [0.2, 0.25) is 0 Å². The average Bonchev–Trinajstić information content (AvgIpc) is 3.16. The van der Waals surface area contributed by atoms with Crippen LogP contribution < -0.4 is 4.74 Å². The molecule has 2 fully saturated rings. The SMILES string of the molecule is O=C(Oc1ccccc1)[C@H]1CS[C@@]2(c3ccccc3)CCC(=O)N12. The number of benzene rings is 2. The number of fused-ring (bicyclic) bond motifs is 1. The quantitative estimate of drug-likeness (QED) is 0.636. The van der Waals surface area contributed by atoms with Gasteiger partial charge >= 0.3 is 5.97 Å². The molecule has 0 radical (unpaired) electrons. The predicted molar refractivity (Wildman–Crippen MR) is 92.5 cm³/mol. The van der Waals surface area contributed by atoms with Gasteiger partial charge in [0.05, 0.1) is 0 Å². The Morgan fingerprint density at radius 3 is 2.46 bits per heavy atom. The van der Waals surface area contributed by atoms with Crippen LogP contribution in [-0.2, 0) is 14.5 Å². The Bertz CT molecular complexity index is 765. The molecule has 0 unspecified atom stereocenters. The highest BCUT2D eigenvalue weighted by atomic mass is 32.2. The number of esters is 1. The summed E-state index contributed by atoms with van der Waals surface area (Å²) in [5.74, 6) is 0.740. The summed E-state index contributed by atoms with van der Waals surface area (Å²) in [4.78, 5) is 26.5. The summed E-state index contributed by atoms with van der Waals surface area (Å²) in [5.41, 5.74) is 1.08. The molecular weight excluding hydrogens is 322 g/mol. The first-order valence-corrected chi connectivity index (χ1v) is 8.98. The molecule has 2 heterocycles. The summed E-state index contributed by atoms with van der Waals surface area (Å²) in [6.07, 6.45) is 1.20. The molecule has 2 saturated heterocycles. The van der Waals surface area contributed by atoms with E-state index in [0.717, 1.165) is 12.0 Å². The van der Waals surface area contributed by atoms with Crippen molar-refractivity contribution in [1.29, 1.82) is 0 Å². The van der Waals surface area contributed by atoms with Gasteiger partial charge in [0.15, 0.2) is 0 Å². The van der Waals surface area contributed by atoms with Crippen LogP contribution in [0, 0.1) is 0 Å². The molecule has 2 aromatic carbocycles. The molecule has 24 heavy (non-hydrogen) atoms. The van der Waals surface area contributed by atoms with Crippen LogP contribution in [0.25, 0.3) is 0 Å². The van der Waals surface area contributed by atoms with Crippen LogP contribution in [0.1, 0.15) is 18.4 Å². The molecule has 5 heteroatoms. The number of ether oxygens (including phenoxy) is 1. The van der Waals surface area contributed by atoms with Crippen molar-refractivity contribution in [3.63, 3.8) is 0 Å². The zero-order valence-electron chi connectivity index (χ0n) is 13.1. The predicted octanol–water partition coefficient (Wildman–Crippen LogP) is 3.18. The Hall–Kier alpha value is -2.27. The molecule has 0 aromatic heterocycles. The Kier molecular flexibility index (Phi) is 3.81. The van der Waals surface area contributed by atoms with Gasteiger partial charge in [0.1, 0.15) is 16.7 Å². The first-order valence-electron chi connectivity index (χ1n) is 7.99. The number of carbonyl (C=O) groups excluding carboxylic acids is 2. The summed E-state index contributed by atoms with van der Waals surface area (Å²) in [6, 6.07) is 18.4. The summed E-state index contributed by atoms with van der Waals surface area (Å²) in [7, 11) is 0. The third kappa shape index (κ3) is 2.40. The number of hydrogen-bond donors (Lipinski definition) is 0. The third-order valence-electron chi connectivity index (χ3n) is 4.59. The first kappa shape index (κ1) is 15.3. The van der Waals surface area contributed by atoms with E-state index < -0.39 is 10.9 Å². The van der Waals surface area contributed by atoms with Crippen molar-refractivity contribution in [3.05, 3.63) is 66.2 Å². The third-order valence-corrected chi connectivity index (χ3v) is 6.18. The lowest BCUT2D eigenvalue weighted by molar-refractivity contribution is -0.146. The van der Waals surface area contributed by atoms with Crippen molar-refractivity contribution in [3.8, 4) is 5.75 Å². The van der Waals surface area contributed by atoms with Crippen molar-refractivity contribution in [2.45, 2.75) is 23.8 Å². The monoisotopic (exact) mass is 339 g/mol. The minimum atomic E-state index is -0.537. The normalized spacial score (nSPS) is 25.6. The molecule has 4 nitrogen and oxygen atoms in total. The molecule has 2 aliphatic heterocycles. The minimum Gasteiger partial charge on any atom is -0.425 e. The number of thioether (sulfide) groups is 1. The van der Waals surface area contributed by atoms with Gasteiger partial charge in [0, 0.05) is 12.2 Å². The van der Waals surface area contributed by atoms with E-state index in [0.29, 0.717) is 17.9 Å². The van der Waals surface area contributed by atoms with Gasteiger partial charge in [0.2, 0.25) is 5.91 Å². The number of hydrogen-bond acceptors (Lipinski definition) is 4. The smallest absolute Gasteiger partial charge is 0.335 e.